The third-order valence-corrected chi connectivity index (χ3v) is 5.24. The van der Waals surface area contributed by atoms with Crippen LogP contribution in [0.25, 0.3) is 0 Å². The smallest absolute Gasteiger partial charge is 0.324 e. The Labute approximate surface area is 140 Å². The van der Waals surface area contributed by atoms with Crippen LogP contribution in [0.3, 0.4) is 0 Å². The van der Waals surface area contributed by atoms with E-state index >= 15 is 0 Å². The van der Waals surface area contributed by atoms with Crippen LogP contribution in [0, 0.1) is 0 Å². The van der Waals surface area contributed by atoms with Gasteiger partial charge in [-0.3, -0.25) is 9.59 Å². The Morgan fingerprint density at radius 2 is 2.00 bits per heavy atom. The fourth-order valence-corrected chi connectivity index (χ4v) is 3.97. The number of likely N-dealkylation sites (N-methyl/N-ethyl adjacent to an activating group) is 1. The number of nitrogens with zero attached hydrogens (tertiary/aromatic N) is 2. The van der Waals surface area contributed by atoms with E-state index in [-0.39, 0.29) is 6.54 Å². The molecule has 1 aliphatic heterocycles. The zero-order valence-electron chi connectivity index (χ0n) is 13.7. The highest BCUT2D eigenvalue weighted by Gasteiger charge is 2.49. The lowest BCUT2D eigenvalue weighted by molar-refractivity contribution is -0.152. The molecule has 1 N–H and O–H groups in total. The summed E-state index contributed by atoms with van der Waals surface area (Å²) in [7, 11) is -2.45. The number of hydrogen-bond acceptors (Lipinski definition) is 5. The Kier molecular flexibility index (Phi) is 5.14. The topological polar surface area (TPSA) is 104 Å². The van der Waals surface area contributed by atoms with Crippen LogP contribution in [0.5, 0.6) is 5.75 Å². The summed E-state index contributed by atoms with van der Waals surface area (Å²) in [5, 5.41) is 9.68. The Balaban J connectivity index is 2.68. The van der Waals surface area contributed by atoms with Gasteiger partial charge >= 0.3 is 5.97 Å². The molecule has 1 fully saturated rings. The molecule has 132 valence electrons. The molecule has 2 rings (SSSR count). The Hall–Kier alpha value is -2.13. The van der Waals surface area contributed by atoms with Gasteiger partial charge in [-0.2, -0.15) is 4.31 Å². The quantitative estimate of drug-likeness (QED) is 0.814. The van der Waals surface area contributed by atoms with Crippen molar-refractivity contribution in [2.24, 2.45) is 0 Å². The second-order valence-electron chi connectivity index (χ2n) is 5.46. The summed E-state index contributed by atoms with van der Waals surface area (Å²) in [5.74, 6) is -1.37. The lowest BCUT2D eigenvalue weighted by atomic mass is 9.94. The Bertz CT molecular complexity index is 748. The number of aliphatic carboxylic acids is 1. The van der Waals surface area contributed by atoms with E-state index in [0.29, 0.717) is 11.3 Å². The predicted octanol–water partition coefficient (Wildman–Crippen LogP) is 0.313. The van der Waals surface area contributed by atoms with Crippen LogP contribution in [0.4, 0.5) is 0 Å². The molecule has 2 atom stereocenters. The van der Waals surface area contributed by atoms with E-state index in [2.05, 4.69) is 0 Å². The summed E-state index contributed by atoms with van der Waals surface area (Å²) >= 11 is 0. The standard InChI is InChI=1S/C15H20N2O6S/c1-4-16-12(18)9-17(24(3,21)22)14(15(19)20)13(16)10-7-5-6-8-11(10)23-2/h5-8,13-14H,4,9H2,1-3H3,(H,19,20). The molecule has 0 radical (unpaired) electrons. The van der Waals surface area contributed by atoms with Gasteiger partial charge in [-0.15, -0.1) is 0 Å². The van der Waals surface area contributed by atoms with Crippen LogP contribution in [-0.4, -0.2) is 67.1 Å². The van der Waals surface area contributed by atoms with Crippen LogP contribution in [-0.2, 0) is 19.6 Å². The molecule has 1 aliphatic rings. The van der Waals surface area contributed by atoms with E-state index < -0.39 is 40.5 Å². The van der Waals surface area contributed by atoms with Gasteiger partial charge in [0.05, 0.1) is 26.0 Å². The summed E-state index contributed by atoms with van der Waals surface area (Å²) < 4.78 is 30.1. The van der Waals surface area contributed by atoms with Gasteiger partial charge < -0.3 is 14.7 Å². The van der Waals surface area contributed by atoms with Gasteiger partial charge in [0.15, 0.2) is 0 Å². The van der Waals surface area contributed by atoms with Crippen LogP contribution in [0.15, 0.2) is 24.3 Å². The average Bonchev–Trinajstić information content (AvgIpc) is 2.52. The number of carbonyl (C=O) groups is 2. The first-order valence-electron chi connectivity index (χ1n) is 7.34. The van der Waals surface area contributed by atoms with Gasteiger partial charge in [0.2, 0.25) is 15.9 Å². The maximum Gasteiger partial charge on any atom is 0.324 e. The second kappa shape index (κ2) is 6.78. The van der Waals surface area contributed by atoms with Crippen molar-refractivity contribution < 1.29 is 27.9 Å². The highest BCUT2D eigenvalue weighted by atomic mass is 32.2. The molecule has 1 heterocycles. The minimum absolute atomic E-state index is 0.253. The van der Waals surface area contributed by atoms with E-state index in [0.717, 1.165) is 10.6 Å². The zero-order chi connectivity index (χ0) is 18.1. The van der Waals surface area contributed by atoms with Crippen LogP contribution >= 0.6 is 0 Å². The maximum atomic E-state index is 12.4. The summed E-state index contributed by atoms with van der Waals surface area (Å²) in [6.07, 6.45) is 0.900. The lowest BCUT2D eigenvalue weighted by Gasteiger charge is -2.44. The van der Waals surface area contributed by atoms with Crippen molar-refractivity contribution in [3.63, 3.8) is 0 Å². The third-order valence-electron chi connectivity index (χ3n) is 4.03. The number of carboxylic acid groups (broad SMARTS) is 1. The van der Waals surface area contributed by atoms with Crippen molar-refractivity contribution in [1.29, 1.82) is 0 Å². The highest BCUT2D eigenvalue weighted by molar-refractivity contribution is 7.88. The van der Waals surface area contributed by atoms with Gasteiger partial charge in [0.25, 0.3) is 0 Å². The van der Waals surface area contributed by atoms with Crippen LogP contribution in [0.2, 0.25) is 0 Å². The van der Waals surface area contributed by atoms with Crippen molar-refractivity contribution in [2.45, 2.75) is 19.0 Å². The van der Waals surface area contributed by atoms with Gasteiger partial charge in [-0.1, -0.05) is 18.2 Å². The average molecular weight is 356 g/mol. The minimum Gasteiger partial charge on any atom is -0.496 e. The number of carbonyl (C=O) groups excluding carboxylic acids is 1. The van der Waals surface area contributed by atoms with E-state index in [9.17, 15) is 23.1 Å². The molecule has 8 nitrogen and oxygen atoms in total. The van der Waals surface area contributed by atoms with Gasteiger partial charge in [0, 0.05) is 12.1 Å². The number of methoxy groups -OCH3 is 1. The molecule has 0 bridgehead atoms. The SMILES string of the molecule is CCN1C(=O)CN(S(C)(=O)=O)C(C(=O)O)C1c1ccccc1OC. The highest BCUT2D eigenvalue weighted by Crippen LogP contribution is 2.37. The number of benzene rings is 1. The molecule has 2 unspecified atom stereocenters. The van der Waals surface area contributed by atoms with Crippen molar-refractivity contribution in [2.75, 3.05) is 26.5 Å². The van der Waals surface area contributed by atoms with Crippen molar-refractivity contribution in [3.8, 4) is 5.75 Å². The summed E-state index contributed by atoms with van der Waals surface area (Å²) in [4.78, 5) is 25.7. The van der Waals surface area contributed by atoms with Gasteiger partial charge in [-0.25, -0.2) is 8.42 Å². The number of hydrogen-bond donors (Lipinski definition) is 1. The van der Waals surface area contributed by atoms with Crippen LogP contribution in [0.1, 0.15) is 18.5 Å². The zero-order valence-corrected chi connectivity index (χ0v) is 14.5. The number of sulfonamides is 1. The first-order valence-corrected chi connectivity index (χ1v) is 9.19. The number of amides is 1. The molecule has 0 aliphatic carbocycles. The van der Waals surface area contributed by atoms with E-state index in [1.807, 2.05) is 0 Å². The summed E-state index contributed by atoms with van der Waals surface area (Å²) in [6, 6.07) is 4.29. The molecule has 0 saturated carbocycles. The van der Waals surface area contributed by atoms with Gasteiger partial charge in [0.1, 0.15) is 11.8 Å². The molecule has 24 heavy (non-hydrogen) atoms. The third kappa shape index (κ3) is 3.22. The molecule has 0 spiro atoms. The minimum atomic E-state index is -3.88. The molecule has 1 aromatic rings. The van der Waals surface area contributed by atoms with Gasteiger partial charge in [-0.05, 0) is 13.0 Å². The van der Waals surface area contributed by atoms with Crippen molar-refractivity contribution in [3.05, 3.63) is 29.8 Å². The first-order chi connectivity index (χ1) is 11.2. The Morgan fingerprint density at radius 1 is 1.38 bits per heavy atom. The normalized spacial score (nSPS) is 22.5. The fourth-order valence-electron chi connectivity index (χ4n) is 3.01. The summed E-state index contributed by atoms with van der Waals surface area (Å²) in [6.45, 7) is 1.48. The van der Waals surface area contributed by atoms with E-state index in [1.165, 1.54) is 12.0 Å². The molecule has 1 amide bonds. The molecule has 1 saturated heterocycles. The fraction of sp³-hybridized carbons (Fsp3) is 0.467. The summed E-state index contributed by atoms with van der Waals surface area (Å²) in [5.41, 5.74) is 0.455. The first kappa shape index (κ1) is 18.2. The molecular formula is C15H20N2O6S. The Morgan fingerprint density at radius 3 is 2.50 bits per heavy atom. The molecule has 0 aromatic heterocycles. The number of piperazine rings is 1. The monoisotopic (exact) mass is 356 g/mol. The van der Waals surface area contributed by atoms with E-state index in [4.69, 9.17) is 4.74 Å². The number of ether oxygens (including phenoxy) is 1. The predicted molar refractivity (Wildman–Crippen MR) is 86.1 cm³/mol. The second-order valence-corrected chi connectivity index (χ2v) is 7.39. The van der Waals surface area contributed by atoms with Crippen molar-refractivity contribution in [1.82, 2.24) is 9.21 Å². The molecule has 9 heteroatoms. The van der Waals surface area contributed by atoms with E-state index in [1.54, 1.807) is 31.2 Å². The largest absolute Gasteiger partial charge is 0.496 e. The maximum absolute atomic E-state index is 12.4. The number of carboxylic acids is 1. The van der Waals surface area contributed by atoms with Crippen molar-refractivity contribution >= 4 is 21.9 Å². The lowest BCUT2D eigenvalue weighted by Crippen LogP contribution is -2.61. The molecule has 1 aromatic carbocycles. The number of para-hydroxylation sites is 1. The van der Waals surface area contributed by atoms with Crippen LogP contribution < -0.4 is 4.74 Å². The molecular weight excluding hydrogens is 336 g/mol. The number of rotatable bonds is 5.